The molecule has 2 aliphatic rings. The van der Waals surface area contributed by atoms with Gasteiger partial charge in [-0.1, -0.05) is 0 Å². The van der Waals surface area contributed by atoms with Crippen LogP contribution < -0.4 is 0 Å². The maximum atomic E-state index is 10.8. The first-order valence-electron chi connectivity index (χ1n) is 3.88. The molecule has 1 N–H and O–H groups in total. The maximum Gasteiger partial charge on any atom is 0.133 e. The van der Waals surface area contributed by atoms with E-state index in [1.54, 1.807) is 6.92 Å². The average molecular weight is 140 g/mol. The molecule has 10 heavy (non-hydrogen) atoms. The monoisotopic (exact) mass is 140 g/mol. The normalized spacial score (nSPS) is 50.6. The fourth-order valence-electron chi connectivity index (χ4n) is 2.42. The summed E-state index contributed by atoms with van der Waals surface area (Å²) < 4.78 is 0. The Morgan fingerprint density at radius 3 is 2.30 bits per heavy atom. The van der Waals surface area contributed by atoms with Gasteiger partial charge in [-0.05, 0) is 31.6 Å². The minimum atomic E-state index is -0.106. The van der Waals surface area contributed by atoms with E-state index in [2.05, 4.69) is 0 Å². The molecule has 0 aromatic heterocycles. The molecule has 0 heterocycles. The van der Waals surface area contributed by atoms with Crippen molar-refractivity contribution in [2.45, 2.75) is 25.9 Å². The molecule has 56 valence electrons. The molecule has 4 atom stereocenters. The van der Waals surface area contributed by atoms with Crippen LogP contribution in [0.2, 0.25) is 0 Å². The first-order chi connectivity index (χ1) is 4.70. The molecule has 3 unspecified atom stereocenters. The summed E-state index contributed by atoms with van der Waals surface area (Å²) in [5, 5.41) is 9.12. The van der Waals surface area contributed by atoms with Gasteiger partial charge in [-0.15, -0.1) is 0 Å². The van der Waals surface area contributed by atoms with Gasteiger partial charge in [0, 0.05) is 5.92 Å². The summed E-state index contributed by atoms with van der Waals surface area (Å²) in [5.41, 5.74) is 0. The lowest BCUT2D eigenvalue weighted by atomic mass is 10.1. The van der Waals surface area contributed by atoms with Crippen LogP contribution in [0.5, 0.6) is 0 Å². The van der Waals surface area contributed by atoms with Crippen molar-refractivity contribution in [1.29, 1.82) is 0 Å². The van der Waals surface area contributed by atoms with E-state index in [1.807, 2.05) is 0 Å². The minimum absolute atomic E-state index is 0.106. The minimum Gasteiger partial charge on any atom is -0.393 e. The quantitative estimate of drug-likeness (QED) is 0.579. The molecule has 0 amide bonds. The molecule has 2 nitrogen and oxygen atoms in total. The number of rotatable bonds is 1. The van der Waals surface area contributed by atoms with Crippen LogP contribution in [0.15, 0.2) is 0 Å². The number of fused-ring (bicyclic) bond motifs is 1. The van der Waals surface area contributed by atoms with Gasteiger partial charge in [-0.2, -0.15) is 0 Å². The highest BCUT2D eigenvalue weighted by Gasteiger charge is 2.57. The van der Waals surface area contributed by atoms with Crippen molar-refractivity contribution in [3.8, 4) is 0 Å². The second-order valence-electron chi connectivity index (χ2n) is 3.59. The highest BCUT2D eigenvalue weighted by molar-refractivity contribution is 5.82. The van der Waals surface area contributed by atoms with Gasteiger partial charge < -0.3 is 5.11 Å². The Hall–Kier alpha value is -0.370. The van der Waals surface area contributed by atoms with Gasteiger partial charge in [-0.3, -0.25) is 4.79 Å². The zero-order chi connectivity index (χ0) is 7.30. The molecule has 2 aliphatic carbocycles. The molecular formula is C8H12O2. The molecular weight excluding hydrogens is 128 g/mol. The number of hydrogen-bond donors (Lipinski definition) is 1. The third kappa shape index (κ3) is 0.717. The number of aliphatic hydroxyl groups excluding tert-OH is 1. The number of hydrogen-bond acceptors (Lipinski definition) is 2. The molecule has 0 spiro atoms. The lowest BCUT2D eigenvalue weighted by molar-refractivity contribution is -0.119. The van der Waals surface area contributed by atoms with E-state index in [9.17, 15) is 4.79 Å². The molecule has 0 aromatic carbocycles. The largest absolute Gasteiger partial charge is 0.393 e. The number of ketones is 1. The molecule has 2 fully saturated rings. The summed E-state index contributed by atoms with van der Waals surface area (Å²) in [6, 6.07) is 0. The van der Waals surface area contributed by atoms with Gasteiger partial charge >= 0.3 is 0 Å². The fraction of sp³-hybridized carbons (Fsp3) is 0.875. The van der Waals surface area contributed by atoms with Crippen LogP contribution in [0.25, 0.3) is 0 Å². The number of carbonyl (C=O) groups excluding carboxylic acids is 1. The summed E-state index contributed by atoms with van der Waals surface area (Å²) in [6.45, 7) is 1.66. The van der Waals surface area contributed by atoms with E-state index in [0.29, 0.717) is 23.5 Å². The Bertz CT molecular complexity index is 164. The van der Waals surface area contributed by atoms with Gasteiger partial charge in [0.05, 0.1) is 6.10 Å². The van der Waals surface area contributed by atoms with E-state index in [0.717, 1.165) is 12.8 Å². The van der Waals surface area contributed by atoms with Crippen molar-refractivity contribution < 1.29 is 9.90 Å². The SMILES string of the molecule is CC(=O)C1C2CC(O)C[C@H]21. The van der Waals surface area contributed by atoms with E-state index in [1.165, 1.54) is 0 Å². The summed E-state index contributed by atoms with van der Waals surface area (Å²) in [6.07, 6.45) is 1.63. The fourth-order valence-corrected chi connectivity index (χ4v) is 2.42. The summed E-state index contributed by atoms with van der Waals surface area (Å²) in [7, 11) is 0. The first kappa shape index (κ1) is 6.35. The van der Waals surface area contributed by atoms with Crippen molar-refractivity contribution >= 4 is 5.78 Å². The summed E-state index contributed by atoms with van der Waals surface area (Å²) in [4.78, 5) is 10.8. The standard InChI is InChI=1S/C8H12O2/c1-4(9)8-6-2-5(10)3-7(6)8/h5-8,10H,2-3H2,1H3/t5?,6-,7?,8?/m1/s1. The van der Waals surface area contributed by atoms with Gasteiger partial charge in [0.1, 0.15) is 5.78 Å². The highest BCUT2D eigenvalue weighted by Crippen LogP contribution is 2.57. The Balaban J connectivity index is 1.98. The van der Waals surface area contributed by atoms with Crippen molar-refractivity contribution in [2.24, 2.45) is 17.8 Å². The topological polar surface area (TPSA) is 37.3 Å². The highest BCUT2D eigenvalue weighted by atomic mass is 16.3. The molecule has 0 radical (unpaired) electrons. The van der Waals surface area contributed by atoms with Gasteiger partial charge in [0.2, 0.25) is 0 Å². The van der Waals surface area contributed by atoms with E-state index >= 15 is 0 Å². The van der Waals surface area contributed by atoms with E-state index in [4.69, 9.17) is 5.11 Å². The predicted octanol–water partition coefficient (Wildman–Crippen LogP) is 0.592. The van der Waals surface area contributed by atoms with Crippen LogP contribution in [-0.2, 0) is 4.79 Å². The Morgan fingerprint density at radius 1 is 1.40 bits per heavy atom. The third-order valence-corrected chi connectivity index (χ3v) is 2.89. The summed E-state index contributed by atoms with van der Waals surface area (Å²) in [5.74, 6) is 1.74. The van der Waals surface area contributed by atoms with E-state index in [-0.39, 0.29) is 6.10 Å². The Kier molecular flexibility index (Phi) is 1.15. The van der Waals surface area contributed by atoms with Crippen molar-refractivity contribution in [3.63, 3.8) is 0 Å². The molecule has 0 saturated heterocycles. The number of Topliss-reactive ketones (excluding diaryl/α,β-unsaturated/α-hetero) is 1. The molecule has 2 rings (SSSR count). The van der Waals surface area contributed by atoms with Crippen LogP contribution in [0.1, 0.15) is 19.8 Å². The van der Waals surface area contributed by atoms with Crippen LogP contribution in [0.4, 0.5) is 0 Å². The third-order valence-electron chi connectivity index (χ3n) is 2.89. The van der Waals surface area contributed by atoms with Gasteiger partial charge in [0.25, 0.3) is 0 Å². The molecule has 0 aromatic rings. The smallest absolute Gasteiger partial charge is 0.133 e. The molecule has 2 saturated carbocycles. The van der Waals surface area contributed by atoms with Crippen LogP contribution in [0, 0.1) is 17.8 Å². The maximum absolute atomic E-state index is 10.8. The van der Waals surface area contributed by atoms with Crippen molar-refractivity contribution in [3.05, 3.63) is 0 Å². The number of carbonyl (C=O) groups is 1. The van der Waals surface area contributed by atoms with Crippen LogP contribution in [-0.4, -0.2) is 17.0 Å². The van der Waals surface area contributed by atoms with Crippen molar-refractivity contribution in [2.75, 3.05) is 0 Å². The molecule has 0 aliphatic heterocycles. The van der Waals surface area contributed by atoms with Crippen molar-refractivity contribution in [1.82, 2.24) is 0 Å². The second-order valence-corrected chi connectivity index (χ2v) is 3.59. The lowest BCUT2D eigenvalue weighted by Crippen LogP contribution is -2.09. The molecule has 0 bridgehead atoms. The predicted molar refractivity (Wildman–Crippen MR) is 36.4 cm³/mol. The summed E-state index contributed by atoms with van der Waals surface area (Å²) >= 11 is 0. The zero-order valence-electron chi connectivity index (χ0n) is 6.08. The first-order valence-corrected chi connectivity index (χ1v) is 3.88. The second kappa shape index (κ2) is 1.82. The average Bonchev–Trinajstić information content (AvgIpc) is 2.32. The van der Waals surface area contributed by atoms with Gasteiger partial charge in [-0.25, -0.2) is 0 Å². The lowest BCUT2D eigenvalue weighted by Gasteiger charge is -2.03. The number of aliphatic hydroxyl groups is 1. The zero-order valence-corrected chi connectivity index (χ0v) is 6.08. The van der Waals surface area contributed by atoms with Gasteiger partial charge in [0.15, 0.2) is 0 Å². The van der Waals surface area contributed by atoms with Crippen LogP contribution >= 0.6 is 0 Å². The van der Waals surface area contributed by atoms with E-state index < -0.39 is 0 Å². The Morgan fingerprint density at radius 2 is 1.90 bits per heavy atom. The van der Waals surface area contributed by atoms with Crippen LogP contribution in [0.3, 0.4) is 0 Å². The molecule has 2 heteroatoms. The Labute approximate surface area is 60.2 Å².